The molecule has 0 radical (unpaired) electrons. The first-order valence-electron chi connectivity index (χ1n) is 13.0. The third kappa shape index (κ3) is 10.2. The summed E-state index contributed by atoms with van der Waals surface area (Å²) in [5.74, 6) is -4.06. The Morgan fingerprint density at radius 3 is 2.02 bits per heavy atom. The molecule has 0 bridgehead atoms. The Morgan fingerprint density at radius 1 is 0.975 bits per heavy atom. The summed E-state index contributed by atoms with van der Waals surface area (Å²) in [6, 6.07) is 13.0. The molecule has 0 aliphatic carbocycles. The van der Waals surface area contributed by atoms with Crippen molar-refractivity contribution in [2.45, 2.75) is 89.2 Å². The normalized spacial score (nSPS) is 16.5. The Hall–Kier alpha value is -3.54. The van der Waals surface area contributed by atoms with Crippen LogP contribution in [0.25, 0.3) is 0 Å². The van der Waals surface area contributed by atoms with Crippen molar-refractivity contribution in [1.29, 1.82) is 0 Å². The molecule has 1 aliphatic rings. The minimum atomic E-state index is -2.74. The van der Waals surface area contributed by atoms with Crippen LogP contribution in [0.5, 0.6) is 5.75 Å². The van der Waals surface area contributed by atoms with Crippen LogP contribution in [-0.4, -0.2) is 78.0 Å². The quantitative estimate of drug-likeness (QED) is 0.274. The molecule has 11 nitrogen and oxygen atoms in total. The molecule has 5 N–H and O–H groups in total. The standard InChI is InChI=1S/C23H33N3O.C6H8O7/c1-22(2)13-20(14-23(3,4)25-22)26(16-18-9-8-12-24-15-18)17-19-10-6-7-11-21(19)27-5;7-3(8)1-6(13,5(11)12)2-4(9)10/h6-12,15,20,25H,13-14,16-17H2,1-5H3;13H,1-2H2,(H,7,8)(H,9,10)(H,11,12). The molecule has 220 valence electrons. The van der Waals surface area contributed by atoms with Gasteiger partial charge in [-0.1, -0.05) is 24.3 Å². The van der Waals surface area contributed by atoms with E-state index in [-0.39, 0.29) is 11.1 Å². The zero-order chi connectivity index (χ0) is 30.1. The lowest BCUT2D eigenvalue weighted by atomic mass is 9.78. The highest BCUT2D eigenvalue weighted by Crippen LogP contribution is 2.34. The molecule has 0 saturated carbocycles. The van der Waals surface area contributed by atoms with Crippen LogP contribution in [0.3, 0.4) is 0 Å². The molecule has 1 fully saturated rings. The fourth-order valence-electron chi connectivity index (χ4n) is 5.33. The van der Waals surface area contributed by atoms with Gasteiger partial charge in [-0.3, -0.25) is 19.5 Å². The van der Waals surface area contributed by atoms with Gasteiger partial charge >= 0.3 is 17.9 Å². The van der Waals surface area contributed by atoms with Gasteiger partial charge in [0.1, 0.15) is 5.75 Å². The second-order valence-corrected chi connectivity index (χ2v) is 11.5. The molecule has 0 unspecified atom stereocenters. The summed E-state index contributed by atoms with van der Waals surface area (Å²) >= 11 is 0. The average molecular weight is 560 g/mol. The van der Waals surface area contributed by atoms with E-state index in [4.69, 9.17) is 25.2 Å². The Labute approximate surface area is 234 Å². The number of carboxylic acids is 3. The van der Waals surface area contributed by atoms with Gasteiger partial charge in [0, 0.05) is 48.2 Å². The Kier molecular flexibility index (Phi) is 11.2. The number of aromatic nitrogens is 1. The van der Waals surface area contributed by atoms with Crippen LogP contribution in [-0.2, 0) is 27.5 Å². The number of aliphatic carboxylic acids is 3. The maximum atomic E-state index is 10.3. The second-order valence-electron chi connectivity index (χ2n) is 11.5. The van der Waals surface area contributed by atoms with Crippen molar-refractivity contribution in [2.24, 2.45) is 0 Å². The molecular formula is C29H41N3O8. The number of hydrogen-bond acceptors (Lipinski definition) is 8. The number of pyridine rings is 1. The summed E-state index contributed by atoms with van der Waals surface area (Å²) in [5.41, 5.74) is -0.0297. The van der Waals surface area contributed by atoms with E-state index in [0.717, 1.165) is 31.7 Å². The molecule has 1 saturated heterocycles. The van der Waals surface area contributed by atoms with Crippen molar-refractivity contribution in [3.8, 4) is 5.75 Å². The number of methoxy groups -OCH3 is 1. The third-order valence-electron chi connectivity index (χ3n) is 6.64. The molecule has 0 spiro atoms. The number of rotatable bonds is 11. The number of nitrogens with one attached hydrogen (secondary N) is 1. The highest BCUT2D eigenvalue weighted by molar-refractivity contribution is 5.88. The van der Waals surface area contributed by atoms with Crippen LogP contribution >= 0.6 is 0 Å². The summed E-state index contributed by atoms with van der Waals surface area (Å²) in [7, 11) is 1.75. The van der Waals surface area contributed by atoms with Crippen molar-refractivity contribution in [1.82, 2.24) is 15.2 Å². The third-order valence-corrected chi connectivity index (χ3v) is 6.64. The first kappa shape index (κ1) is 32.7. The smallest absolute Gasteiger partial charge is 0.336 e. The van der Waals surface area contributed by atoms with Crippen LogP contribution < -0.4 is 10.1 Å². The van der Waals surface area contributed by atoms with E-state index in [0.29, 0.717) is 6.04 Å². The number of nitrogens with zero attached hydrogens (tertiary/aromatic N) is 2. The molecule has 11 heteroatoms. The van der Waals surface area contributed by atoms with E-state index in [2.05, 4.69) is 61.1 Å². The number of piperidine rings is 1. The number of carbonyl (C=O) groups is 3. The number of benzene rings is 1. The summed E-state index contributed by atoms with van der Waals surface area (Å²) in [4.78, 5) is 37.4. The first-order valence-corrected chi connectivity index (χ1v) is 13.0. The van der Waals surface area contributed by atoms with Crippen molar-refractivity contribution < 1.29 is 39.5 Å². The van der Waals surface area contributed by atoms with Gasteiger partial charge in [0.25, 0.3) is 0 Å². The number of para-hydroxylation sites is 1. The lowest BCUT2D eigenvalue weighted by Gasteiger charge is -2.49. The van der Waals surface area contributed by atoms with E-state index < -0.39 is 36.4 Å². The molecule has 2 aromatic rings. The SMILES string of the molecule is COc1ccccc1CN(Cc1cccnc1)C1CC(C)(C)NC(C)(C)C1.O=C(O)CC(O)(CC(=O)O)C(=O)O. The number of carboxylic acid groups (broad SMARTS) is 3. The molecule has 2 heterocycles. The van der Waals surface area contributed by atoms with Crippen molar-refractivity contribution in [3.05, 3.63) is 59.9 Å². The molecule has 3 rings (SSSR count). The lowest BCUT2D eigenvalue weighted by molar-refractivity contribution is -0.170. The molecule has 40 heavy (non-hydrogen) atoms. The minimum absolute atomic E-state index is 0.111. The van der Waals surface area contributed by atoms with E-state index >= 15 is 0 Å². The van der Waals surface area contributed by atoms with Crippen LogP contribution in [0.15, 0.2) is 48.8 Å². The number of hydrogen-bond donors (Lipinski definition) is 5. The Balaban J connectivity index is 0.000000366. The molecule has 0 atom stereocenters. The highest BCUT2D eigenvalue weighted by atomic mass is 16.5. The van der Waals surface area contributed by atoms with E-state index in [1.807, 2.05) is 30.6 Å². The zero-order valence-electron chi connectivity index (χ0n) is 23.8. The number of ether oxygens (including phenoxy) is 1. The Bertz CT molecular complexity index is 1120. The molecule has 1 aliphatic heterocycles. The van der Waals surface area contributed by atoms with Crippen LogP contribution in [0.1, 0.15) is 64.5 Å². The van der Waals surface area contributed by atoms with Gasteiger partial charge in [-0.25, -0.2) is 4.79 Å². The van der Waals surface area contributed by atoms with Crippen LogP contribution in [0.2, 0.25) is 0 Å². The molecule has 1 aromatic heterocycles. The zero-order valence-corrected chi connectivity index (χ0v) is 23.8. The van der Waals surface area contributed by atoms with Crippen LogP contribution in [0, 0.1) is 0 Å². The van der Waals surface area contributed by atoms with Gasteiger partial charge in [0.05, 0.1) is 20.0 Å². The summed E-state index contributed by atoms with van der Waals surface area (Å²) < 4.78 is 5.61. The average Bonchev–Trinajstić information content (AvgIpc) is 2.82. The maximum Gasteiger partial charge on any atom is 0.336 e. The summed E-state index contributed by atoms with van der Waals surface area (Å²) in [6.45, 7) is 11.0. The first-order chi connectivity index (χ1) is 18.6. The van der Waals surface area contributed by atoms with Crippen LogP contribution in [0.4, 0.5) is 0 Å². The topological polar surface area (TPSA) is 170 Å². The largest absolute Gasteiger partial charge is 0.496 e. The molecular weight excluding hydrogens is 518 g/mol. The monoisotopic (exact) mass is 559 g/mol. The summed E-state index contributed by atoms with van der Waals surface area (Å²) in [6.07, 6.45) is 3.76. The predicted octanol–water partition coefficient (Wildman–Crippen LogP) is 3.15. The van der Waals surface area contributed by atoms with Gasteiger partial charge < -0.3 is 30.5 Å². The maximum absolute atomic E-state index is 10.3. The van der Waals surface area contributed by atoms with Crippen molar-refractivity contribution >= 4 is 17.9 Å². The highest BCUT2D eigenvalue weighted by Gasteiger charge is 2.41. The van der Waals surface area contributed by atoms with Gasteiger partial charge in [0.2, 0.25) is 0 Å². The van der Waals surface area contributed by atoms with Gasteiger partial charge in [-0.05, 0) is 58.2 Å². The Morgan fingerprint density at radius 2 is 1.55 bits per heavy atom. The van der Waals surface area contributed by atoms with Crippen molar-refractivity contribution in [3.63, 3.8) is 0 Å². The number of aliphatic hydroxyl groups is 1. The lowest BCUT2D eigenvalue weighted by Crippen LogP contribution is -2.62. The van der Waals surface area contributed by atoms with E-state index in [1.54, 1.807) is 7.11 Å². The van der Waals surface area contributed by atoms with Gasteiger partial charge in [-0.15, -0.1) is 0 Å². The fourth-order valence-corrected chi connectivity index (χ4v) is 5.33. The van der Waals surface area contributed by atoms with E-state index in [1.165, 1.54) is 11.1 Å². The molecule has 0 amide bonds. The van der Waals surface area contributed by atoms with Gasteiger partial charge in [-0.2, -0.15) is 0 Å². The second kappa shape index (κ2) is 13.7. The van der Waals surface area contributed by atoms with E-state index in [9.17, 15) is 14.4 Å². The summed E-state index contributed by atoms with van der Waals surface area (Å²) in [5, 5.41) is 37.6. The predicted molar refractivity (Wildman–Crippen MR) is 148 cm³/mol. The fraction of sp³-hybridized carbons (Fsp3) is 0.517. The minimum Gasteiger partial charge on any atom is -0.496 e. The van der Waals surface area contributed by atoms with Crippen molar-refractivity contribution in [2.75, 3.05) is 7.11 Å². The van der Waals surface area contributed by atoms with Gasteiger partial charge in [0.15, 0.2) is 5.60 Å². The molecule has 1 aromatic carbocycles.